The van der Waals surface area contributed by atoms with E-state index in [0.717, 1.165) is 30.1 Å². The average Bonchev–Trinajstić information content (AvgIpc) is 2.82. The Bertz CT molecular complexity index is 443. The molecule has 0 aliphatic carbocycles. The van der Waals surface area contributed by atoms with Gasteiger partial charge in [-0.05, 0) is 24.6 Å². The average molecular weight is 202 g/mol. The minimum atomic E-state index is 0.499. The molecule has 4 heteroatoms. The highest BCUT2D eigenvalue weighted by molar-refractivity contribution is 5.70. The summed E-state index contributed by atoms with van der Waals surface area (Å²) < 4.78 is 0. The summed E-state index contributed by atoms with van der Waals surface area (Å²) in [5, 5.41) is 3.38. The Balaban J connectivity index is 2.04. The summed E-state index contributed by atoms with van der Waals surface area (Å²) in [6, 6.07) is 3.95. The van der Waals surface area contributed by atoms with Crippen molar-refractivity contribution in [2.45, 2.75) is 12.8 Å². The summed E-state index contributed by atoms with van der Waals surface area (Å²) in [5.41, 5.74) is 1.86. The Labute approximate surface area is 88.1 Å². The van der Waals surface area contributed by atoms with Crippen LogP contribution in [-0.4, -0.2) is 28.0 Å². The van der Waals surface area contributed by atoms with Gasteiger partial charge in [-0.15, -0.1) is 0 Å². The molecular formula is C11H14N4. The molecule has 4 nitrogen and oxygen atoms in total. The Morgan fingerprint density at radius 2 is 2.33 bits per heavy atom. The van der Waals surface area contributed by atoms with Gasteiger partial charge in [0.2, 0.25) is 0 Å². The van der Waals surface area contributed by atoms with Crippen LogP contribution in [0.1, 0.15) is 18.7 Å². The first-order valence-electron chi connectivity index (χ1n) is 5.36. The lowest BCUT2D eigenvalue weighted by molar-refractivity contribution is 0.551. The zero-order chi connectivity index (χ0) is 10.3. The van der Waals surface area contributed by atoms with Crippen molar-refractivity contribution in [3.05, 3.63) is 24.2 Å². The maximum atomic E-state index is 4.54. The Hall–Kier alpha value is -1.42. The SMILES string of the molecule is CC1CNCC1c1nc2ncccc2[nH]1. The molecule has 0 bridgehead atoms. The van der Waals surface area contributed by atoms with Gasteiger partial charge in [0, 0.05) is 18.7 Å². The van der Waals surface area contributed by atoms with Gasteiger partial charge in [-0.1, -0.05) is 6.92 Å². The quantitative estimate of drug-likeness (QED) is 0.732. The molecule has 2 N–H and O–H groups in total. The third kappa shape index (κ3) is 1.41. The van der Waals surface area contributed by atoms with Crippen molar-refractivity contribution in [3.8, 4) is 0 Å². The van der Waals surface area contributed by atoms with Gasteiger partial charge in [-0.25, -0.2) is 9.97 Å². The molecule has 2 aromatic heterocycles. The first kappa shape index (κ1) is 8.85. The number of hydrogen-bond donors (Lipinski definition) is 2. The van der Waals surface area contributed by atoms with Crippen LogP contribution in [0.15, 0.2) is 18.3 Å². The Morgan fingerprint density at radius 1 is 1.40 bits per heavy atom. The van der Waals surface area contributed by atoms with Gasteiger partial charge in [0.1, 0.15) is 5.82 Å². The minimum Gasteiger partial charge on any atom is -0.340 e. The lowest BCUT2D eigenvalue weighted by atomic mass is 9.98. The molecule has 1 aliphatic heterocycles. The third-order valence-corrected chi connectivity index (χ3v) is 3.14. The number of nitrogens with one attached hydrogen (secondary N) is 2. The van der Waals surface area contributed by atoms with Gasteiger partial charge in [0.25, 0.3) is 0 Å². The van der Waals surface area contributed by atoms with Crippen molar-refractivity contribution in [2.75, 3.05) is 13.1 Å². The first-order chi connectivity index (χ1) is 7.34. The number of aromatic amines is 1. The van der Waals surface area contributed by atoms with Gasteiger partial charge < -0.3 is 10.3 Å². The fourth-order valence-electron chi connectivity index (χ4n) is 2.22. The first-order valence-corrected chi connectivity index (χ1v) is 5.36. The number of imidazole rings is 1. The zero-order valence-electron chi connectivity index (χ0n) is 8.70. The number of H-pyrrole nitrogens is 1. The van der Waals surface area contributed by atoms with Crippen molar-refractivity contribution in [1.29, 1.82) is 0 Å². The summed E-state index contributed by atoms with van der Waals surface area (Å²) in [4.78, 5) is 12.1. The van der Waals surface area contributed by atoms with E-state index < -0.39 is 0 Å². The highest BCUT2D eigenvalue weighted by Crippen LogP contribution is 2.26. The van der Waals surface area contributed by atoms with E-state index in [1.165, 1.54) is 0 Å². The molecule has 78 valence electrons. The van der Waals surface area contributed by atoms with Gasteiger partial charge >= 0.3 is 0 Å². The Kier molecular flexibility index (Phi) is 1.95. The number of nitrogens with zero attached hydrogens (tertiary/aromatic N) is 2. The smallest absolute Gasteiger partial charge is 0.177 e. The molecule has 1 aliphatic rings. The van der Waals surface area contributed by atoms with Crippen LogP contribution in [0.3, 0.4) is 0 Å². The third-order valence-electron chi connectivity index (χ3n) is 3.14. The Morgan fingerprint density at radius 3 is 3.07 bits per heavy atom. The second-order valence-corrected chi connectivity index (χ2v) is 4.24. The number of rotatable bonds is 1. The predicted octanol–water partition coefficient (Wildman–Crippen LogP) is 1.28. The molecule has 0 aromatic carbocycles. The van der Waals surface area contributed by atoms with E-state index in [1.54, 1.807) is 6.20 Å². The molecule has 3 heterocycles. The van der Waals surface area contributed by atoms with Gasteiger partial charge in [-0.3, -0.25) is 0 Å². The van der Waals surface area contributed by atoms with E-state index in [-0.39, 0.29) is 0 Å². The lowest BCUT2D eigenvalue weighted by Gasteiger charge is -2.09. The highest BCUT2D eigenvalue weighted by atomic mass is 15.0. The van der Waals surface area contributed by atoms with E-state index in [2.05, 4.69) is 27.2 Å². The topological polar surface area (TPSA) is 53.6 Å². The molecule has 0 amide bonds. The van der Waals surface area contributed by atoms with Crippen LogP contribution in [0, 0.1) is 5.92 Å². The van der Waals surface area contributed by atoms with Crippen LogP contribution >= 0.6 is 0 Å². The van der Waals surface area contributed by atoms with Crippen molar-refractivity contribution in [2.24, 2.45) is 5.92 Å². The van der Waals surface area contributed by atoms with Gasteiger partial charge in [-0.2, -0.15) is 0 Å². The number of aromatic nitrogens is 3. The van der Waals surface area contributed by atoms with Crippen LogP contribution in [0.2, 0.25) is 0 Å². The zero-order valence-corrected chi connectivity index (χ0v) is 8.70. The lowest BCUT2D eigenvalue weighted by Crippen LogP contribution is -2.09. The molecule has 0 spiro atoms. The summed E-state index contributed by atoms with van der Waals surface area (Å²) in [5.74, 6) is 2.21. The molecule has 2 atom stereocenters. The van der Waals surface area contributed by atoms with E-state index >= 15 is 0 Å². The summed E-state index contributed by atoms with van der Waals surface area (Å²) >= 11 is 0. The van der Waals surface area contributed by atoms with Gasteiger partial charge in [0.05, 0.1) is 5.52 Å². The molecule has 0 radical (unpaired) electrons. The van der Waals surface area contributed by atoms with E-state index in [1.807, 2.05) is 12.1 Å². The van der Waals surface area contributed by atoms with Crippen LogP contribution < -0.4 is 5.32 Å². The minimum absolute atomic E-state index is 0.499. The number of pyridine rings is 1. The largest absolute Gasteiger partial charge is 0.340 e. The fraction of sp³-hybridized carbons (Fsp3) is 0.455. The maximum Gasteiger partial charge on any atom is 0.177 e. The second kappa shape index (κ2) is 3.31. The van der Waals surface area contributed by atoms with Crippen molar-refractivity contribution >= 4 is 11.2 Å². The fourth-order valence-corrected chi connectivity index (χ4v) is 2.22. The second-order valence-electron chi connectivity index (χ2n) is 4.24. The van der Waals surface area contributed by atoms with Crippen LogP contribution in [0.5, 0.6) is 0 Å². The monoisotopic (exact) mass is 202 g/mol. The molecule has 3 rings (SSSR count). The summed E-state index contributed by atoms with van der Waals surface area (Å²) in [6.07, 6.45) is 1.78. The maximum absolute atomic E-state index is 4.54. The van der Waals surface area contributed by atoms with Crippen molar-refractivity contribution < 1.29 is 0 Å². The summed E-state index contributed by atoms with van der Waals surface area (Å²) in [7, 11) is 0. The molecule has 2 aromatic rings. The van der Waals surface area contributed by atoms with Crippen molar-refractivity contribution in [1.82, 2.24) is 20.3 Å². The molecule has 15 heavy (non-hydrogen) atoms. The van der Waals surface area contributed by atoms with E-state index in [4.69, 9.17) is 0 Å². The molecule has 1 saturated heterocycles. The summed E-state index contributed by atoms with van der Waals surface area (Å²) in [6.45, 7) is 4.35. The van der Waals surface area contributed by atoms with Crippen LogP contribution in [0.25, 0.3) is 11.2 Å². The van der Waals surface area contributed by atoms with Crippen LogP contribution in [0.4, 0.5) is 0 Å². The molecule has 2 unspecified atom stereocenters. The molecule has 0 saturated carbocycles. The van der Waals surface area contributed by atoms with Gasteiger partial charge in [0.15, 0.2) is 5.65 Å². The highest BCUT2D eigenvalue weighted by Gasteiger charge is 2.27. The van der Waals surface area contributed by atoms with Crippen LogP contribution in [-0.2, 0) is 0 Å². The predicted molar refractivity (Wildman–Crippen MR) is 58.7 cm³/mol. The number of hydrogen-bond acceptors (Lipinski definition) is 3. The number of fused-ring (bicyclic) bond motifs is 1. The standard InChI is InChI=1S/C11H14N4/c1-7-5-12-6-8(7)10-14-9-3-2-4-13-11(9)15-10/h2-4,7-8,12H,5-6H2,1H3,(H,13,14,15). The molecular weight excluding hydrogens is 188 g/mol. The molecule has 1 fully saturated rings. The van der Waals surface area contributed by atoms with Crippen molar-refractivity contribution in [3.63, 3.8) is 0 Å². The van der Waals surface area contributed by atoms with E-state index in [0.29, 0.717) is 11.8 Å². The van der Waals surface area contributed by atoms with E-state index in [9.17, 15) is 0 Å². The normalized spacial score (nSPS) is 26.2.